The van der Waals surface area contributed by atoms with Crippen LogP contribution in [0.4, 0.5) is 0 Å². The zero-order valence-corrected chi connectivity index (χ0v) is 7.47. The Hall–Kier alpha value is -0.860. The molecule has 11 heavy (non-hydrogen) atoms. The summed E-state index contributed by atoms with van der Waals surface area (Å²) in [4.78, 5) is 22.0. The largest absolute Gasteiger partial charge is 0.369 e. The number of amides is 1. The Labute approximate surface area is 67.0 Å². The molecule has 2 N–H and O–H groups in total. The number of carbonyl (C=O) groups is 2. The monoisotopic (exact) mass is 157 g/mol. The van der Waals surface area contributed by atoms with Crippen molar-refractivity contribution in [2.75, 3.05) is 0 Å². The maximum atomic E-state index is 11.0. The Bertz CT molecular complexity index is 171. The molecule has 0 aliphatic heterocycles. The third-order valence-electron chi connectivity index (χ3n) is 2.40. The second-order valence-electron chi connectivity index (χ2n) is 3.28. The summed E-state index contributed by atoms with van der Waals surface area (Å²) in [6.07, 6.45) is 0. The van der Waals surface area contributed by atoms with Crippen molar-refractivity contribution < 1.29 is 9.59 Å². The summed E-state index contributed by atoms with van der Waals surface area (Å²) in [5, 5.41) is 0. The van der Waals surface area contributed by atoms with Gasteiger partial charge < -0.3 is 5.73 Å². The predicted octanol–water partition coefficient (Wildman–Crippen LogP) is 0.723. The van der Waals surface area contributed by atoms with Gasteiger partial charge in [0.2, 0.25) is 5.91 Å². The van der Waals surface area contributed by atoms with Gasteiger partial charge in [-0.15, -0.1) is 0 Å². The number of Topliss-reactive ketones (excluding diaryl/α,β-unsaturated/α-hetero) is 1. The summed E-state index contributed by atoms with van der Waals surface area (Å²) < 4.78 is 0. The maximum Gasteiger partial charge on any atom is 0.231 e. The van der Waals surface area contributed by atoms with Crippen LogP contribution >= 0.6 is 0 Å². The fraction of sp³-hybridized carbons (Fsp3) is 0.750. The van der Waals surface area contributed by atoms with E-state index >= 15 is 0 Å². The minimum Gasteiger partial charge on any atom is -0.369 e. The molecule has 0 heterocycles. The molecule has 3 heteroatoms. The number of ketones is 1. The molecule has 0 fully saturated rings. The highest BCUT2D eigenvalue weighted by molar-refractivity contribution is 6.04. The van der Waals surface area contributed by atoms with E-state index in [1.165, 1.54) is 6.92 Å². The predicted molar refractivity (Wildman–Crippen MR) is 42.8 cm³/mol. The topological polar surface area (TPSA) is 60.2 Å². The van der Waals surface area contributed by atoms with Crippen LogP contribution in [-0.2, 0) is 9.59 Å². The van der Waals surface area contributed by atoms with Crippen LogP contribution in [0.15, 0.2) is 0 Å². The molecule has 0 saturated heterocycles. The highest BCUT2D eigenvalue weighted by Gasteiger charge is 2.39. The third-order valence-corrected chi connectivity index (χ3v) is 2.40. The Kier molecular flexibility index (Phi) is 2.79. The molecule has 1 unspecified atom stereocenters. The van der Waals surface area contributed by atoms with Crippen molar-refractivity contribution in [2.24, 2.45) is 17.1 Å². The van der Waals surface area contributed by atoms with Crippen molar-refractivity contribution in [3.05, 3.63) is 0 Å². The summed E-state index contributed by atoms with van der Waals surface area (Å²) in [7, 11) is 0. The summed E-state index contributed by atoms with van der Waals surface area (Å²) in [5.41, 5.74) is 4.11. The lowest BCUT2D eigenvalue weighted by atomic mass is 9.75. The number of hydrogen-bond donors (Lipinski definition) is 1. The SMILES string of the molecule is CC(=O)C(C)(C(N)=O)C(C)C. The fourth-order valence-electron chi connectivity index (χ4n) is 0.865. The summed E-state index contributed by atoms with van der Waals surface area (Å²) in [6.45, 7) is 6.60. The molecular formula is C8H15NO2. The average molecular weight is 157 g/mol. The number of nitrogens with two attached hydrogens (primary N) is 1. The Morgan fingerprint density at radius 1 is 1.36 bits per heavy atom. The Balaban J connectivity index is 4.82. The van der Waals surface area contributed by atoms with Crippen molar-refractivity contribution in [3.63, 3.8) is 0 Å². The summed E-state index contributed by atoms with van der Waals surface area (Å²) in [5.74, 6) is -0.752. The smallest absolute Gasteiger partial charge is 0.231 e. The first-order valence-electron chi connectivity index (χ1n) is 3.64. The second-order valence-corrected chi connectivity index (χ2v) is 3.28. The van der Waals surface area contributed by atoms with Gasteiger partial charge in [0.05, 0.1) is 0 Å². The highest BCUT2D eigenvalue weighted by Crippen LogP contribution is 2.27. The molecule has 0 aromatic carbocycles. The molecule has 0 bridgehead atoms. The van der Waals surface area contributed by atoms with E-state index in [4.69, 9.17) is 5.73 Å². The molecule has 0 aliphatic rings. The van der Waals surface area contributed by atoms with Crippen LogP contribution in [0.2, 0.25) is 0 Å². The van der Waals surface area contributed by atoms with Gasteiger partial charge in [0.25, 0.3) is 0 Å². The lowest BCUT2D eigenvalue weighted by Crippen LogP contribution is -2.44. The van der Waals surface area contributed by atoms with Crippen LogP contribution < -0.4 is 5.73 Å². The molecule has 0 radical (unpaired) electrons. The average Bonchev–Trinajstić information content (AvgIpc) is 1.84. The van der Waals surface area contributed by atoms with Crippen molar-refractivity contribution in [1.29, 1.82) is 0 Å². The van der Waals surface area contributed by atoms with Crippen LogP contribution in [0.3, 0.4) is 0 Å². The van der Waals surface area contributed by atoms with Gasteiger partial charge in [-0.2, -0.15) is 0 Å². The Morgan fingerprint density at radius 3 is 1.73 bits per heavy atom. The minimum absolute atomic E-state index is 0.0440. The molecule has 0 rings (SSSR count). The standard InChI is InChI=1S/C8H15NO2/c1-5(2)8(4,6(3)10)7(9)11/h5H,1-4H3,(H2,9,11). The van der Waals surface area contributed by atoms with E-state index in [0.29, 0.717) is 0 Å². The van der Waals surface area contributed by atoms with Crippen LogP contribution in [0.5, 0.6) is 0 Å². The lowest BCUT2D eigenvalue weighted by molar-refractivity contribution is -0.140. The van der Waals surface area contributed by atoms with E-state index in [1.54, 1.807) is 6.92 Å². The van der Waals surface area contributed by atoms with Gasteiger partial charge in [-0.3, -0.25) is 9.59 Å². The normalized spacial score (nSPS) is 16.1. The molecule has 0 aliphatic carbocycles. The molecule has 0 saturated carbocycles. The minimum atomic E-state index is -1.00. The van der Waals surface area contributed by atoms with E-state index in [9.17, 15) is 9.59 Å². The third kappa shape index (κ3) is 1.59. The quantitative estimate of drug-likeness (QED) is 0.614. The number of carbonyl (C=O) groups excluding carboxylic acids is 2. The first-order chi connectivity index (χ1) is 4.83. The van der Waals surface area contributed by atoms with Gasteiger partial charge in [0, 0.05) is 0 Å². The van der Waals surface area contributed by atoms with E-state index in [-0.39, 0.29) is 11.7 Å². The Morgan fingerprint density at radius 2 is 1.73 bits per heavy atom. The van der Waals surface area contributed by atoms with Gasteiger partial charge in [-0.05, 0) is 19.8 Å². The number of primary amides is 1. The molecule has 64 valence electrons. The number of hydrogen-bond acceptors (Lipinski definition) is 2. The van der Waals surface area contributed by atoms with Gasteiger partial charge in [-0.1, -0.05) is 13.8 Å². The summed E-state index contributed by atoms with van der Waals surface area (Å²) in [6, 6.07) is 0. The maximum absolute atomic E-state index is 11.0. The van der Waals surface area contributed by atoms with E-state index in [2.05, 4.69) is 0 Å². The molecule has 0 spiro atoms. The molecule has 1 amide bonds. The van der Waals surface area contributed by atoms with E-state index < -0.39 is 11.3 Å². The van der Waals surface area contributed by atoms with Crippen LogP contribution in [0.25, 0.3) is 0 Å². The van der Waals surface area contributed by atoms with E-state index in [0.717, 1.165) is 0 Å². The van der Waals surface area contributed by atoms with Crippen molar-refractivity contribution in [2.45, 2.75) is 27.7 Å². The van der Waals surface area contributed by atoms with Crippen LogP contribution in [-0.4, -0.2) is 11.7 Å². The summed E-state index contributed by atoms with van der Waals surface area (Å²) >= 11 is 0. The molecule has 1 atom stereocenters. The lowest BCUT2D eigenvalue weighted by Gasteiger charge is -2.26. The van der Waals surface area contributed by atoms with Crippen LogP contribution in [0.1, 0.15) is 27.7 Å². The molecule has 3 nitrogen and oxygen atoms in total. The molecule has 0 aromatic heterocycles. The zero-order chi connectivity index (χ0) is 9.23. The van der Waals surface area contributed by atoms with Gasteiger partial charge in [-0.25, -0.2) is 0 Å². The van der Waals surface area contributed by atoms with Crippen LogP contribution in [0, 0.1) is 11.3 Å². The van der Waals surface area contributed by atoms with Gasteiger partial charge in [0.15, 0.2) is 0 Å². The second kappa shape index (κ2) is 3.03. The fourth-order valence-corrected chi connectivity index (χ4v) is 0.865. The van der Waals surface area contributed by atoms with Crippen molar-refractivity contribution in [1.82, 2.24) is 0 Å². The molecular weight excluding hydrogens is 142 g/mol. The van der Waals surface area contributed by atoms with Crippen molar-refractivity contribution >= 4 is 11.7 Å². The highest BCUT2D eigenvalue weighted by atomic mass is 16.2. The van der Waals surface area contributed by atoms with Gasteiger partial charge in [0.1, 0.15) is 11.2 Å². The first-order valence-corrected chi connectivity index (χ1v) is 3.64. The first kappa shape index (κ1) is 10.1. The molecule has 0 aromatic rings. The van der Waals surface area contributed by atoms with Gasteiger partial charge >= 0.3 is 0 Å². The number of rotatable bonds is 3. The zero-order valence-electron chi connectivity index (χ0n) is 7.47. The van der Waals surface area contributed by atoms with E-state index in [1.807, 2.05) is 13.8 Å². The van der Waals surface area contributed by atoms with Crippen molar-refractivity contribution in [3.8, 4) is 0 Å².